The van der Waals surface area contributed by atoms with Gasteiger partial charge in [-0.05, 0) is 18.2 Å². The van der Waals surface area contributed by atoms with Crippen LogP contribution in [0.5, 0.6) is 0 Å². The molecule has 5 nitrogen and oxygen atoms in total. The molecule has 0 aliphatic heterocycles. The molecule has 7 heteroatoms. The Morgan fingerprint density at radius 2 is 2.19 bits per heavy atom. The van der Waals surface area contributed by atoms with Gasteiger partial charge < -0.3 is 10.1 Å². The van der Waals surface area contributed by atoms with Crippen LogP contribution in [0.25, 0.3) is 0 Å². The number of methoxy groups -OCH3 is 1. The van der Waals surface area contributed by atoms with Gasteiger partial charge in [-0.3, -0.25) is 0 Å². The van der Waals surface area contributed by atoms with Gasteiger partial charge in [0.15, 0.2) is 0 Å². The van der Waals surface area contributed by atoms with Crippen LogP contribution in [-0.4, -0.2) is 23.3 Å². The smallest absolute Gasteiger partial charge is 0.337 e. The molecule has 0 bridgehead atoms. The van der Waals surface area contributed by atoms with E-state index >= 15 is 0 Å². The summed E-state index contributed by atoms with van der Waals surface area (Å²) < 4.78 is 18.4. The van der Waals surface area contributed by atoms with Crippen LogP contribution in [0.3, 0.4) is 0 Å². The molecule has 1 aromatic carbocycles. The van der Waals surface area contributed by atoms with E-state index in [0.717, 1.165) is 5.01 Å². The van der Waals surface area contributed by atoms with Crippen LogP contribution in [0, 0.1) is 5.82 Å². The molecule has 21 heavy (non-hydrogen) atoms. The molecule has 0 atom stereocenters. The van der Waals surface area contributed by atoms with Gasteiger partial charge in [-0.15, -0.1) is 10.2 Å². The molecule has 1 N–H and O–H groups in total. The van der Waals surface area contributed by atoms with E-state index in [4.69, 9.17) is 0 Å². The van der Waals surface area contributed by atoms with E-state index in [2.05, 4.69) is 20.3 Å². The van der Waals surface area contributed by atoms with Gasteiger partial charge in [-0.2, -0.15) is 0 Å². The Balaban J connectivity index is 2.09. The number of hydrogen-bond donors (Lipinski definition) is 1. The van der Waals surface area contributed by atoms with Crippen LogP contribution >= 0.6 is 11.3 Å². The second kappa shape index (κ2) is 6.62. The Bertz CT molecular complexity index is 643. The van der Waals surface area contributed by atoms with Gasteiger partial charge in [0.05, 0.1) is 12.7 Å². The number of esters is 1. The SMILES string of the molecule is COC(=O)c1ccc(F)c(CNc2nnc(C(C)C)s2)c1. The van der Waals surface area contributed by atoms with E-state index in [0.29, 0.717) is 22.2 Å². The lowest BCUT2D eigenvalue weighted by molar-refractivity contribution is 0.0600. The van der Waals surface area contributed by atoms with E-state index < -0.39 is 5.97 Å². The fraction of sp³-hybridized carbons (Fsp3) is 0.357. The molecule has 1 aromatic heterocycles. The quantitative estimate of drug-likeness (QED) is 0.859. The van der Waals surface area contributed by atoms with Gasteiger partial charge >= 0.3 is 5.97 Å². The number of anilines is 1. The lowest BCUT2D eigenvalue weighted by Gasteiger charge is -2.06. The minimum atomic E-state index is -0.491. The van der Waals surface area contributed by atoms with Crippen molar-refractivity contribution in [1.29, 1.82) is 0 Å². The summed E-state index contributed by atoms with van der Waals surface area (Å²) in [7, 11) is 1.29. The Morgan fingerprint density at radius 1 is 1.43 bits per heavy atom. The van der Waals surface area contributed by atoms with Crippen molar-refractivity contribution in [3.63, 3.8) is 0 Å². The number of aromatic nitrogens is 2. The molecular formula is C14H16FN3O2S. The highest BCUT2D eigenvalue weighted by Crippen LogP contribution is 2.23. The Kier molecular flexibility index (Phi) is 4.85. The largest absolute Gasteiger partial charge is 0.465 e. The second-order valence-corrected chi connectivity index (χ2v) is 5.76. The van der Waals surface area contributed by atoms with Gasteiger partial charge in [0.1, 0.15) is 10.8 Å². The summed E-state index contributed by atoms with van der Waals surface area (Å²) in [5.74, 6) is -0.574. The average molecular weight is 309 g/mol. The fourth-order valence-corrected chi connectivity index (χ4v) is 2.41. The van der Waals surface area contributed by atoms with E-state index in [1.54, 1.807) is 0 Å². The standard InChI is InChI=1S/C14H16FN3O2S/c1-8(2)12-17-18-14(21-12)16-7-10-6-9(13(19)20-3)4-5-11(10)15/h4-6,8H,7H2,1-3H3,(H,16,18). The lowest BCUT2D eigenvalue weighted by Crippen LogP contribution is -2.06. The molecule has 0 amide bonds. The van der Waals surface area contributed by atoms with Crippen LogP contribution in [-0.2, 0) is 11.3 Å². The first kappa shape index (κ1) is 15.4. The summed E-state index contributed by atoms with van der Waals surface area (Å²) in [5.41, 5.74) is 0.690. The molecule has 0 spiro atoms. The monoisotopic (exact) mass is 309 g/mol. The van der Waals surface area contributed by atoms with Crippen LogP contribution in [0.1, 0.15) is 40.7 Å². The van der Waals surface area contributed by atoms with Crippen molar-refractivity contribution in [3.8, 4) is 0 Å². The number of halogens is 1. The van der Waals surface area contributed by atoms with Crippen molar-refractivity contribution in [1.82, 2.24) is 10.2 Å². The maximum Gasteiger partial charge on any atom is 0.337 e. The minimum Gasteiger partial charge on any atom is -0.465 e. The summed E-state index contributed by atoms with van der Waals surface area (Å²) in [5, 5.41) is 12.6. The van der Waals surface area contributed by atoms with Crippen molar-refractivity contribution >= 4 is 22.4 Å². The van der Waals surface area contributed by atoms with Crippen molar-refractivity contribution < 1.29 is 13.9 Å². The molecule has 0 aliphatic carbocycles. The van der Waals surface area contributed by atoms with Gasteiger partial charge in [0.2, 0.25) is 5.13 Å². The maximum atomic E-state index is 13.7. The van der Waals surface area contributed by atoms with Crippen LogP contribution in [0.15, 0.2) is 18.2 Å². The van der Waals surface area contributed by atoms with Crippen molar-refractivity contribution in [2.75, 3.05) is 12.4 Å². The third-order valence-electron chi connectivity index (χ3n) is 2.83. The molecule has 0 unspecified atom stereocenters. The number of hydrogen-bond acceptors (Lipinski definition) is 6. The normalized spacial score (nSPS) is 10.7. The molecule has 2 rings (SSSR count). The van der Waals surface area contributed by atoms with E-state index in [1.165, 1.54) is 36.6 Å². The third kappa shape index (κ3) is 3.75. The Hall–Kier alpha value is -2.02. The topological polar surface area (TPSA) is 64.1 Å². The van der Waals surface area contributed by atoms with Crippen LogP contribution in [0.2, 0.25) is 0 Å². The Morgan fingerprint density at radius 3 is 2.81 bits per heavy atom. The first-order valence-electron chi connectivity index (χ1n) is 6.45. The Labute approximate surface area is 126 Å². The van der Waals surface area contributed by atoms with E-state index in [-0.39, 0.29) is 12.4 Å². The number of carbonyl (C=O) groups is 1. The first-order chi connectivity index (χ1) is 10.0. The molecule has 1 heterocycles. The molecular weight excluding hydrogens is 293 g/mol. The number of rotatable bonds is 5. The molecule has 0 saturated carbocycles. The molecule has 0 saturated heterocycles. The highest BCUT2D eigenvalue weighted by atomic mass is 32.1. The zero-order chi connectivity index (χ0) is 15.4. The van der Waals surface area contributed by atoms with Crippen molar-refractivity contribution in [2.45, 2.75) is 26.3 Å². The lowest BCUT2D eigenvalue weighted by atomic mass is 10.1. The van der Waals surface area contributed by atoms with Crippen molar-refractivity contribution in [2.24, 2.45) is 0 Å². The minimum absolute atomic E-state index is 0.226. The van der Waals surface area contributed by atoms with E-state index in [9.17, 15) is 9.18 Å². The predicted octanol–water partition coefficient (Wildman–Crippen LogP) is 3.20. The van der Waals surface area contributed by atoms with Crippen molar-refractivity contribution in [3.05, 3.63) is 40.2 Å². The van der Waals surface area contributed by atoms with E-state index in [1.807, 2.05) is 13.8 Å². The summed E-state index contributed by atoms with van der Waals surface area (Å²) >= 11 is 1.43. The summed E-state index contributed by atoms with van der Waals surface area (Å²) in [4.78, 5) is 11.4. The first-order valence-corrected chi connectivity index (χ1v) is 7.27. The number of nitrogens with one attached hydrogen (secondary N) is 1. The number of nitrogens with zero attached hydrogens (tertiary/aromatic N) is 2. The molecule has 0 aliphatic rings. The zero-order valence-electron chi connectivity index (χ0n) is 12.0. The third-order valence-corrected chi connectivity index (χ3v) is 4.01. The number of ether oxygens (including phenoxy) is 1. The molecule has 0 radical (unpaired) electrons. The number of benzene rings is 1. The molecule has 0 fully saturated rings. The molecule has 2 aromatic rings. The molecule has 112 valence electrons. The van der Waals surface area contributed by atoms with Gasteiger partial charge in [0, 0.05) is 18.0 Å². The summed E-state index contributed by atoms with van der Waals surface area (Å²) in [6, 6.07) is 4.12. The van der Waals surface area contributed by atoms with Crippen LogP contribution in [0.4, 0.5) is 9.52 Å². The predicted molar refractivity (Wildman–Crippen MR) is 79.1 cm³/mol. The second-order valence-electron chi connectivity index (χ2n) is 4.75. The average Bonchev–Trinajstić information content (AvgIpc) is 2.94. The van der Waals surface area contributed by atoms with Gasteiger partial charge in [-0.1, -0.05) is 25.2 Å². The maximum absolute atomic E-state index is 13.7. The number of carbonyl (C=O) groups excluding carboxylic acids is 1. The van der Waals surface area contributed by atoms with Gasteiger partial charge in [-0.25, -0.2) is 9.18 Å². The zero-order valence-corrected chi connectivity index (χ0v) is 12.8. The highest BCUT2D eigenvalue weighted by molar-refractivity contribution is 7.15. The van der Waals surface area contributed by atoms with Gasteiger partial charge in [0.25, 0.3) is 0 Å². The summed E-state index contributed by atoms with van der Waals surface area (Å²) in [6.45, 7) is 4.29. The fourth-order valence-electron chi connectivity index (χ4n) is 1.67. The summed E-state index contributed by atoms with van der Waals surface area (Å²) in [6.07, 6.45) is 0. The highest BCUT2D eigenvalue weighted by Gasteiger charge is 2.11. The van der Waals surface area contributed by atoms with Crippen LogP contribution < -0.4 is 5.32 Å².